The summed E-state index contributed by atoms with van der Waals surface area (Å²) < 4.78 is 7.46. The van der Waals surface area contributed by atoms with E-state index in [1.807, 2.05) is 48.0 Å². The molecule has 116 valence electrons. The summed E-state index contributed by atoms with van der Waals surface area (Å²) in [5, 5.41) is 4.32. The second kappa shape index (κ2) is 7.22. The van der Waals surface area contributed by atoms with Crippen LogP contribution in [0.1, 0.15) is 38.1 Å². The highest BCUT2D eigenvalue weighted by Gasteiger charge is 2.15. The monoisotopic (exact) mass is 299 g/mol. The second-order valence-corrected chi connectivity index (χ2v) is 5.36. The van der Waals surface area contributed by atoms with Crippen molar-refractivity contribution in [2.75, 3.05) is 13.2 Å². The topological polar surface area (TPSA) is 48.6 Å². The number of oxime groups is 1. The number of hydrogen-bond acceptors (Lipinski definition) is 4. The maximum absolute atomic E-state index is 5.69. The van der Waals surface area contributed by atoms with E-state index in [9.17, 15) is 0 Å². The Kier molecular flexibility index (Phi) is 4.85. The lowest BCUT2D eigenvalue weighted by Gasteiger charge is -2.13. The molecule has 22 heavy (non-hydrogen) atoms. The van der Waals surface area contributed by atoms with Gasteiger partial charge < -0.3 is 14.1 Å². The lowest BCUT2D eigenvalue weighted by molar-refractivity contribution is 0.0639. The van der Waals surface area contributed by atoms with Crippen molar-refractivity contribution in [3.8, 4) is 5.69 Å². The Hall–Kier alpha value is -2.14. The summed E-state index contributed by atoms with van der Waals surface area (Å²) in [5.41, 5.74) is 2.14. The van der Waals surface area contributed by atoms with E-state index in [0.717, 1.165) is 49.7 Å². The summed E-state index contributed by atoms with van der Waals surface area (Å²) in [6.07, 6.45) is 6.33. The van der Waals surface area contributed by atoms with Gasteiger partial charge in [0.25, 0.3) is 0 Å². The van der Waals surface area contributed by atoms with Crippen molar-refractivity contribution in [3.63, 3.8) is 0 Å². The molecule has 0 amide bonds. The molecule has 1 saturated heterocycles. The molecule has 0 saturated carbocycles. The minimum absolute atomic E-state index is 0.202. The molecule has 1 aromatic heterocycles. The summed E-state index contributed by atoms with van der Waals surface area (Å²) >= 11 is 0. The number of benzene rings is 1. The molecule has 0 radical (unpaired) electrons. The fourth-order valence-corrected chi connectivity index (χ4v) is 2.51. The number of imidazole rings is 1. The molecule has 0 aliphatic carbocycles. The van der Waals surface area contributed by atoms with Gasteiger partial charge in [0.2, 0.25) is 0 Å². The number of nitrogens with zero attached hydrogens (tertiary/aromatic N) is 3. The standard InChI is InChI=1S/C17H21N3O2/c1-14(22-19-15-6-5-12-21-13-9-15)17-18-10-11-20(17)16-7-3-2-4-8-16/h2-4,7-8,10-11,14H,5-6,9,12-13H2,1H3. The summed E-state index contributed by atoms with van der Waals surface area (Å²) in [5.74, 6) is 0.848. The Morgan fingerprint density at radius 3 is 2.95 bits per heavy atom. The van der Waals surface area contributed by atoms with Crippen LogP contribution in [-0.4, -0.2) is 28.5 Å². The minimum atomic E-state index is -0.202. The van der Waals surface area contributed by atoms with E-state index in [2.05, 4.69) is 10.1 Å². The van der Waals surface area contributed by atoms with Gasteiger partial charge in [-0.05, 0) is 31.9 Å². The maximum Gasteiger partial charge on any atom is 0.182 e. The Morgan fingerprint density at radius 2 is 2.09 bits per heavy atom. The summed E-state index contributed by atoms with van der Waals surface area (Å²) in [4.78, 5) is 10.1. The molecular formula is C17H21N3O2. The lowest BCUT2D eigenvalue weighted by atomic mass is 10.2. The van der Waals surface area contributed by atoms with Crippen LogP contribution in [0.3, 0.4) is 0 Å². The van der Waals surface area contributed by atoms with Crippen molar-refractivity contribution >= 4 is 5.71 Å². The van der Waals surface area contributed by atoms with E-state index in [1.165, 1.54) is 0 Å². The SMILES string of the molecule is CC(ON=C1CCCOCC1)c1nccn1-c1ccccc1. The van der Waals surface area contributed by atoms with E-state index in [4.69, 9.17) is 9.57 Å². The van der Waals surface area contributed by atoms with Gasteiger partial charge in [-0.1, -0.05) is 23.4 Å². The fraction of sp³-hybridized carbons (Fsp3) is 0.412. The molecule has 2 heterocycles. The second-order valence-electron chi connectivity index (χ2n) is 5.36. The predicted octanol–water partition coefficient (Wildman–Crippen LogP) is 3.51. The lowest BCUT2D eigenvalue weighted by Crippen LogP contribution is -2.08. The molecule has 0 spiro atoms. The van der Waals surface area contributed by atoms with Crippen molar-refractivity contribution in [3.05, 3.63) is 48.5 Å². The number of ether oxygens (including phenoxy) is 1. The Morgan fingerprint density at radius 1 is 1.23 bits per heavy atom. The molecule has 1 fully saturated rings. The quantitative estimate of drug-likeness (QED) is 0.812. The normalized spacial score (nSPS) is 18.9. The highest BCUT2D eigenvalue weighted by atomic mass is 16.6. The first-order chi connectivity index (χ1) is 10.8. The zero-order chi connectivity index (χ0) is 15.2. The highest BCUT2D eigenvalue weighted by Crippen LogP contribution is 2.20. The van der Waals surface area contributed by atoms with Crippen LogP contribution in [0.15, 0.2) is 47.9 Å². The third-order valence-corrected chi connectivity index (χ3v) is 3.70. The van der Waals surface area contributed by atoms with Crippen LogP contribution in [0, 0.1) is 0 Å². The molecule has 1 atom stereocenters. The van der Waals surface area contributed by atoms with Crippen LogP contribution in [-0.2, 0) is 9.57 Å². The van der Waals surface area contributed by atoms with Gasteiger partial charge in [0.05, 0.1) is 12.3 Å². The van der Waals surface area contributed by atoms with Gasteiger partial charge in [-0.2, -0.15) is 0 Å². The first-order valence-corrected chi connectivity index (χ1v) is 7.72. The molecule has 3 rings (SSSR count). The van der Waals surface area contributed by atoms with Crippen LogP contribution in [0.5, 0.6) is 0 Å². The number of rotatable bonds is 4. The van der Waals surface area contributed by atoms with E-state index in [1.54, 1.807) is 6.20 Å². The van der Waals surface area contributed by atoms with E-state index in [0.29, 0.717) is 0 Å². The number of para-hydroxylation sites is 1. The molecule has 5 heteroatoms. The van der Waals surface area contributed by atoms with Crippen LogP contribution < -0.4 is 0 Å². The zero-order valence-corrected chi connectivity index (χ0v) is 12.8. The minimum Gasteiger partial charge on any atom is -0.385 e. The average Bonchev–Trinajstić information content (AvgIpc) is 2.91. The van der Waals surface area contributed by atoms with Crippen molar-refractivity contribution in [1.82, 2.24) is 9.55 Å². The molecule has 2 aromatic rings. The first kappa shape index (κ1) is 14.8. The number of aromatic nitrogens is 2. The van der Waals surface area contributed by atoms with Gasteiger partial charge in [-0.25, -0.2) is 4.98 Å². The van der Waals surface area contributed by atoms with Gasteiger partial charge in [0.1, 0.15) is 0 Å². The van der Waals surface area contributed by atoms with Gasteiger partial charge in [-0.15, -0.1) is 0 Å². The van der Waals surface area contributed by atoms with E-state index < -0.39 is 0 Å². The summed E-state index contributed by atoms with van der Waals surface area (Å²) in [6.45, 7) is 3.52. The Labute approximate surface area is 130 Å². The molecule has 5 nitrogen and oxygen atoms in total. The Balaban J connectivity index is 1.72. The highest BCUT2D eigenvalue weighted by molar-refractivity contribution is 5.84. The molecular weight excluding hydrogens is 278 g/mol. The number of hydrogen-bond donors (Lipinski definition) is 0. The van der Waals surface area contributed by atoms with Crippen LogP contribution >= 0.6 is 0 Å². The fourth-order valence-electron chi connectivity index (χ4n) is 2.51. The molecule has 1 aliphatic rings. The van der Waals surface area contributed by atoms with Crippen LogP contribution in [0.2, 0.25) is 0 Å². The smallest absolute Gasteiger partial charge is 0.182 e. The zero-order valence-electron chi connectivity index (χ0n) is 12.8. The van der Waals surface area contributed by atoms with Crippen molar-refractivity contribution in [1.29, 1.82) is 0 Å². The first-order valence-electron chi connectivity index (χ1n) is 7.72. The van der Waals surface area contributed by atoms with Crippen molar-refractivity contribution < 1.29 is 9.57 Å². The maximum atomic E-state index is 5.69. The van der Waals surface area contributed by atoms with Gasteiger partial charge in [0.15, 0.2) is 11.9 Å². The van der Waals surface area contributed by atoms with E-state index in [-0.39, 0.29) is 6.10 Å². The Bertz CT molecular complexity index is 612. The van der Waals surface area contributed by atoms with E-state index >= 15 is 0 Å². The molecule has 0 N–H and O–H groups in total. The summed E-state index contributed by atoms with van der Waals surface area (Å²) in [7, 11) is 0. The third-order valence-electron chi connectivity index (χ3n) is 3.70. The third kappa shape index (κ3) is 3.54. The molecule has 1 aliphatic heterocycles. The molecule has 1 aromatic carbocycles. The van der Waals surface area contributed by atoms with Gasteiger partial charge in [0, 0.05) is 31.1 Å². The molecule has 0 bridgehead atoms. The van der Waals surface area contributed by atoms with Gasteiger partial charge in [-0.3, -0.25) is 0 Å². The van der Waals surface area contributed by atoms with Crippen molar-refractivity contribution in [2.45, 2.75) is 32.3 Å². The van der Waals surface area contributed by atoms with Gasteiger partial charge >= 0.3 is 0 Å². The largest absolute Gasteiger partial charge is 0.385 e. The van der Waals surface area contributed by atoms with Crippen molar-refractivity contribution in [2.24, 2.45) is 5.16 Å². The molecule has 1 unspecified atom stereocenters. The average molecular weight is 299 g/mol. The predicted molar refractivity (Wildman–Crippen MR) is 85.2 cm³/mol. The van der Waals surface area contributed by atoms with Crippen LogP contribution in [0.25, 0.3) is 5.69 Å². The van der Waals surface area contributed by atoms with Crippen LogP contribution in [0.4, 0.5) is 0 Å². The summed E-state index contributed by atoms with van der Waals surface area (Å²) in [6, 6.07) is 10.1.